The Hall–Kier alpha value is -3.52. The lowest BCUT2D eigenvalue weighted by Gasteiger charge is -2.31. The van der Waals surface area contributed by atoms with E-state index in [2.05, 4.69) is 20.2 Å². The zero-order valence-corrected chi connectivity index (χ0v) is 18.2. The lowest BCUT2D eigenvalue weighted by Crippen LogP contribution is -2.35. The number of halogens is 1. The van der Waals surface area contributed by atoms with Crippen LogP contribution >= 0.6 is 11.6 Å². The summed E-state index contributed by atoms with van der Waals surface area (Å²) in [5.74, 6) is 1.80. The number of phenolic OH excluding ortho intramolecular Hbond substituents is 1. The fourth-order valence-corrected chi connectivity index (χ4v) is 3.80. The van der Waals surface area contributed by atoms with Gasteiger partial charge in [-0.15, -0.1) is 0 Å². The molecule has 4 rings (SSSR count). The molecule has 3 aromatic rings. The van der Waals surface area contributed by atoms with Gasteiger partial charge >= 0.3 is 0 Å². The summed E-state index contributed by atoms with van der Waals surface area (Å²) in [6.07, 6.45) is 7.24. The number of ether oxygens (including phenoxy) is 2. The molecule has 1 aliphatic rings. The minimum atomic E-state index is 0.0119. The normalized spacial score (nSPS) is 14.6. The topological polar surface area (TPSA) is 96.8 Å². The van der Waals surface area contributed by atoms with E-state index in [1.807, 2.05) is 18.3 Å². The SMILES string of the molecule is COc1cc2ncnc(Nc3ccc(O)c(Cl)c3)c2cc1OC1CCN(C=CC=O)CC1. The van der Waals surface area contributed by atoms with Crippen molar-refractivity contribution in [3.63, 3.8) is 0 Å². The van der Waals surface area contributed by atoms with Crippen molar-refractivity contribution >= 4 is 40.3 Å². The van der Waals surface area contributed by atoms with Gasteiger partial charge in [-0.05, 0) is 30.3 Å². The van der Waals surface area contributed by atoms with Crippen LogP contribution in [0.15, 0.2) is 48.9 Å². The number of methoxy groups -OCH3 is 1. The van der Waals surface area contributed by atoms with E-state index in [0.717, 1.165) is 37.6 Å². The summed E-state index contributed by atoms with van der Waals surface area (Å²) in [6.45, 7) is 1.62. The second kappa shape index (κ2) is 9.74. The number of aromatic hydroxyl groups is 1. The average Bonchev–Trinajstić information content (AvgIpc) is 2.81. The number of hydrogen-bond donors (Lipinski definition) is 2. The van der Waals surface area contributed by atoms with E-state index in [-0.39, 0.29) is 16.9 Å². The van der Waals surface area contributed by atoms with E-state index >= 15 is 0 Å². The highest BCUT2D eigenvalue weighted by atomic mass is 35.5. The molecule has 1 saturated heterocycles. The average molecular weight is 455 g/mol. The van der Waals surface area contributed by atoms with Crippen molar-refractivity contribution in [1.82, 2.24) is 14.9 Å². The van der Waals surface area contributed by atoms with Crippen LogP contribution in [0, 0.1) is 0 Å². The predicted molar refractivity (Wildman–Crippen MR) is 123 cm³/mol. The number of rotatable bonds is 7. The van der Waals surface area contributed by atoms with Crippen LogP contribution < -0.4 is 14.8 Å². The van der Waals surface area contributed by atoms with Crippen molar-refractivity contribution in [1.29, 1.82) is 0 Å². The van der Waals surface area contributed by atoms with Crippen molar-refractivity contribution in [2.45, 2.75) is 18.9 Å². The number of piperidine rings is 1. The van der Waals surface area contributed by atoms with Crippen molar-refractivity contribution in [2.75, 3.05) is 25.5 Å². The molecule has 0 amide bonds. The van der Waals surface area contributed by atoms with Crippen molar-refractivity contribution in [2.24, 2.45) is 0 Å². The first kappa shape index (κ1) is 21.7. The highest BCUT2D eigenvalue weighted by Crippen LogP contribution is 2.36. The van der Waals surface area contributed by atoms with Crippen LogP contribution in [0.5, 0.6) is 17.2 Å². The molecule has 0 bridgehead atoms. The molecule has 2 aromatic carbocycles. The Morgan fingerprint density at radius 3 is 2.72 bits per heavy atom. The molecule has 0 unspecified atom stereocenters. The number of carbonyl (C=O) groups excluding carboxylic acids is 1. The molecule has 0 aliphatic carbocycles. The van der Waals surface area contributed by atoms with Gasteiger partial charge in [0.15, 0.2) is 11.5 Å². The van der Waals surface area contributed by atoms with Gasteiger partial charge < -0.3 is 24.8 Å². The summed E-state index contributed by atoms with van der Waals surface area (Å²) in [5, 5.41) is 13.9. The number of likely N-dealkylation sites (tertiary alicyclic amines) is 1. The van der Waals surface area contributed by atoms with Crippen LogP contribution in [0.4, 0.5) is 11.5 Å². The zero-order valence-electron chi connectivity index (χ0n) is 17.5. The standard InChI is InChI=1S/C23H23ClN4O4/c1-31-21-13-19-17(12-22(21)32-16-5-8-28(9-6-16)7-2-10-29)23(26-14-25-19)27-15-3-4-20(30)18(24)11-15/h2-4,7,10-14,16,30H,5-6,8-9H2,1H3,(H,25,26,27). The summed E-state index contributed by atoms with van der Waals surface area (Å²) in [6, 6.07) is 8.55. The van der Waals surface area contributed by atoms with Crippen LogP contribution in [0.3, 0.4) is 0 Å². The fraction of sp³-hybridized carbons (Fsp3) is 0.261. The summed E-state index contributed by atoms with van der Waals surface area (Å²) < 4.78 is 11.8. The summed E-state index contributed by atoms with van der Waals surface area (Å²) in [5.41, 5.74) is 1.38. The van der Waals surface area contributed by atoms with Gasteiger partial charge in [0.1, 0.15) is 30.3 Å². The van der Waals surface area contributed by atoms with Gasteiger partial charge in [0.05, 0.1) is 17.6 Å². The highest BCUT2D eigenvalue weighted by Gasteiger charge is 2.21. The maximum atomic E-state index is 10.5. The van der Waals surface area contributed by atoms with Crippen molar-refractivity contribution in [3.8, 4) is 17.2 Å². The maximum absolute atomic E-state index is 10.5. The third-order valence-electron chi connectivity index (χ3n) is 5.28. The molecule has 1 fully saturated rings. The number of aromatic nitrogens is 2. The summed E-state index contributed by atoms with van der Waals surface area (Å²) in [4.78, 5) is 21.3. The maximum Gasteiger partial charge on any atom is 0.162 e. The largest absolute Gasteiger partial charge is 0.506 e. The number of benzene rings is 2. The molecule has 0 atom stereocenters. The van der Waals surface area contributed by atoms with Crippen LogP contribution in [0.25, 0.3) is 10.9 Å². The number of allylic oxidation sites excluding steroid dienone is 1. The summed E-state index contributed by atoms with van der Waals surface area (Å²) >= 11 is 6.03. The third-order valence-corrected chi connectivity index (χ3v) is 5.58. The number of phenols is 1. The van der Waals surface area contributed by atoms with Crippen LogP contribution in [0.2, 0.25) is 5.02 Å². The monoisotopic (exact) mass is 454 g/mol. The van der Waals surface area contributed by atoms with Crippen LogP contribution in [-0.4, -0.2) is 52.6 Å². The highest BCUT2D eigenvalue weighted by molar-refractivity contribution is 6.32. The molecule has 1 aliphatic heterocycles. The first-order valence-electron chi connectivity index (χ1n) is 10.2. The van der Waals surface area contributed by atoms with E-state index in [9.17, 15) is 9.90 Å². The molecule has 166 valence electrons. The van der Waals surface area contributed by atoms with E-state index in [1.165, 1.54) is 18.5 Å². The lowest BCUT2D eigenvalue weighted by molar-refractivity contribution is -0.104. The Morgan fingerprint density at radius 2 is 2.00 bits per heavy atom. The van der Waals surface area contributed by atoms with E-state index < -0.39 is 0 Å². The molecule has 2 heterocycles. The Bertz CT molecular complexity index is 1150. The van der Waals surface area contributed by atoms with Gasteiger partial charge in [0.2, 0.25) is 0 Å². The minimum absolute atomic E-state index is 0.0119. The molecule has 0 saturated carbocycles. The lowest BCUT2D eigenvalue weighted by atomic mass is 10.1. The summed E-state index contributed by atoms with van der Waals surface area (Å²) in [7, 11) is 1.60. The van der Waals surface area contributed by atoms with Gasteiger partial charge in [-0.1, -0.05) is 11.6 Å². The van der Waals surface area contributed by atoms with Gasteiger partial charge in [-0.3, -0.25) is 4.79 Å². The molecule has 9 heteroatoms. The number of fused-ring (bicyclic) bond motifs is 1. The second-order valence-corrected chi connectivity index (χ2v) is 7.77. The smallest absolute Gasteiger partial charge is 0.162 e. The van der Waals surface area contributed by atoms with Crippen LogP contribution in [-0.2, 0) is 4.79 Å². The van der Waals surface area contributed by atoms with E-state index in [1.54, 1.807) is 19.2 Å². The van der Waals surface area contributed by atoms with Gasteiger partial charge in [-0.2, -0.15) is 0 Å². The second-order valence-electron chi connectivity index (χ2n) is 7.36. The van der Waals surface area contributed by atoms with E-state index in [0.29, 0.717) is 28.5 Å². The van der Waals surface area contributed by atoms with Crippen LogP contribution in [0.1, 0.15) is 12.8 Å². The number of nitrogens with one attached hydrogen (secondary N) is 1. The third kappa shape index (κ3) is 4.86. The number of hydrogen-bond acceptors (Lipinski definition) is 8. The zero-order chi connectivity index (χ0) is 22.5. The number of aldehydes is 1. The Kier molecular flexibility index (Phi) is 6.61. The molecule has 0 radical (unpaired) electrons. The first-order chi connectivity index (χ1) is 15.6. The number of nitrogens with zero attached hydrogens (tertiary/aromatic N) is 3. The molecule has 2 N–H and O–H groups in total. The Labute approximate surface area is 190 Å². The van der Waals surface area contributed by atoms with Crippen molar-refractivity contribution < 1.29 is 19.4 Å². The van der Waals surface area contributed by atoms with Gasteiger partial charge in [-0.25, -0.2) is 9.97 Å². The molecule has 0 spiro atoms. The quantitative estimate of drug-likeness (QED) is 0.310. The first-order valence-corrected chi connectivity index (χ1v) is 10.6. The van der Waals surface area contributed by atoms with E-state index in [4.69, 9.17) is 21.1 Å². The Morgan fingerprint density at radius 1 is 1.19 bits per heavy atom. The van der Waals surface area contributed by atoms with Crippen molar-refractivity contribution in [3.05, 3.63) is 54.0 Å². The molecule has 32 heavy (non-hydrogen) atoms. The molecule has 8 nitrogen and oxygen atoms in total. The number of anilines is 2. The number of carbonyl (C=O) groups is 1. The van der Waals surface area contributed by atoms with Gasteiger partial charge in [0, 0.05) is 49.3 Å². The predicted octanol–water partition coefficient (Wildman–Crippen LogP) is 4.30. The van der Waals surface area contributed by atoms with Gasteiger partial charge in [0.25, 0.3) is 0 Å². The fourth-order valence-electron chi connectivity index (χ4n) is 3.62. The molecular weight excluding hydrogens is 432 g/mol. The Balaban J connectivity index is 1.59. The molecular formula is C23H23ClN4O4. The minimum Gasteiger partial charge on any atom is -0.506 e. The molecule has 1 aromatic heterocycles.